The van der Waals surface area contributed by atoms with Gasteiger partial charge in [-0.3, -0.25) is 4.79 Å². The molecule has 0 fully saturated rings. The van der Waals surface area contributed by atoms with Gasteiger partial charge in [-0.15, -0.1) is 0 Å². The molecule has 0 saturated carbocycles. The van der Waals surface area contributed by atoms with Gasteiger partial charge in [-0.05, 0) is 30.0 Å². The van der Waals surface area contributed by atoms with Crippen LogP contribution >= 0.6 is 0 Å². The molecule has 0 radical (unpaired) electrons. The van der Waals surface area contributed by atoms with Crippen molar-refractivity contribution in [1.82, 2.24) is 4.90 Å². The Morgan fingerprint density at radius 3 is 2.22 bits per heavy atom. The minimum atomic E-state index is -4.64. The average Bonchev–Trinajstić information content (AvgIpc) is 2.58. The number of rotatable bonds is 7. The summed E-state index contributed by atoms with van der Waals surface area (Å²) in [7, 11) is 3.29. The summed E-state index contributed by atoms with van der Waals surface area (Å²) < 4.78 is 40.2. The largest absolute Gasteiger partial charge is 0.417 e. The molecule has 150 valence electrons. The van der Waals surface area contributed by atoms with Gasteiger partial charge in [-0.1, -0.05) is 34.1 Å². The highest BCUT2D eigenvalue weighted by Gasteiger charge is 2.36. The third-order valence-corrected chi connectivity index (χ3v) is 4.54. The van der Waals surface area contributed by atoms with Crippen LogP contribution in [0.4, 0.5) is 18.9 Å². The zero-order valence-corrected chi connectivity index (χ0v) is 16.8. The number of carbonyl (C=O) groups excluding carboxylic acids is 1. The van der Waals surface area contributed by atoms with Crippen LogP contribution in [0, 0.1) is 23.2 Å². The van der Waals surface area contributed by atoms with Gasteiger partial charge >= 0.3 is 6.18 Å². The number of anilines is 1. The third-order valence-electron chi connectivity index (χ3n) is 4.54. The number of hydrogen-bond donors (Lipinski definition) is 0. The molecule has 1 aromatic rings. The van der Waals surface area contributed by atoms with Gasteiger partial charge in [-0.25, -0.2) is 0 Å². The summed E-state index contributed by atoms with van der Waals surface area (Å²) in [6.07, 6.45) is -3.93. The molecule has 27 heavy (non-hydrogen) atoms. The Kier molecular flexibility index (Phi) is 7.70. The lowest BCUT2D eigenvalue weighted by Gasteiger charge is -2.39. The summed E-state index contributed by atoms with van der Waals surface area (Å²) in [5, 5.41) is 9.03. The van der Waals surface area contributed by atoms with Crippen molar-refractivity contribution in [2.45, 2.75) is 46.3 Å². The molecule has 0 saturated heterocycles. The number of nitriles is 1. The normalized spacial score (nSPS) is 13.8. The summed E-state index contributed by atoms with van der Waals surface area (Å²) in [5.74, 6) is -0.0666. The van der Waals surface area contributed by atoms with Gasteiger partial charge in [0.05, 0.1) is 17.2 Å². The molecule has 7 heteroatoms. The molecule has 0 aromatic heterocycles. The van der Waals surface area contributed by atoms with Crippen molar-refractivity contribution in [3.8, 4) is 6.07 Å². The Morgan fingerprint density at radius 2 is 1.81 bits per heavy atom. The van der Waals surface area contributed by atoms with Gasteiger partial charge in [0.2, 0.25) is 5.91 Å². The SMILES string of the molecule is CC[C@H](C)[C@@H](C(=O)N(C)C)N(CC(C)C)c1ccc(C#N)c(C(F)(F)F)c1. The lowest BCUT2D eigenvalue weighted by atomic mass is 9.94. The lowest BCUT2D eigenvalue weighted by Crippen LogP contribution is -2.51. The first-order valence-electron chi connectivity index (χ1n) is 9.03. The van der Waals surface area contributed by atoms with E-state index in [1.807, 2.05) is 27.7 Å². The Balaban J connectivity index is 3.58. The number of carbonyl (C=O) groups is 1. The van der Waals surface area contributed by atoms with Gasteiger partial charge in [0.1, 0.15) is 6.04 Å². The van der Waals surface area contributed by atoms with E-state index < -0.39 is 23.3 Å². The molecule has 2 atom stereocenters. The smallest absolute Gasteiger partial charge is 0.359 e. The third kappa shape index (κ3) is 5.62. The van der Waals surface area contributed by atoms with E-state index in [0.717, 1.165) is 6.07 Å². The zero-order valence-electron chi connectivity index (χ0n) is 16.8. The quantitative estimate of drug-likeness (QED) is 0.694. The van der Waals surface area contributed by atoms with E-state index in [0.29, 0.717) is 18.7 Å². The lowest BCUT2D eigenvalue weighted by molar-refractivity contribution is -0.137. The predicted molar refractivity (Wildman–Crippen MR) is 100 cm³/mol. The van der Waals surface area contributed by atoms with Crippen LogP contribution in [0.15, 0.2) is 18.2 Å². The Labute approximate surface area is 159 Å². The highest BCUT2D eigenvalue weighted by molar-refractivity contribution is 5.85. The second-order valence-electron chi connectivity index (χ2n) is 7.45. The molecule has 1 aromatic carbocycles. The van der Waals surface area contributed by atoms with Crippen molar-refractivity contribution in [3.63, 3.8) is 0 Å². The van der Waals surface area contributed by atoms with E-state index >= 15 is 0 Å². The molecule has 0 aliphatic heterocycles. The van der Waals surface area contributed by atoms with Gasteiger partial charge in [0.15, 0.2) is 0 Å². The predicted octanol–water partition coefficient (Wildman–Crippen LogP) is 4.54. The van der Waals surface area contributed by atoms with Crippen molar-refractivity contribution < 1.29 is 18.0 Å². The molecule has 0 unspecified atom stereocenters. The van der Waals surface area contributed by atoms with Crippen LogP contribution in [0.25, 0.3) is 0 Å². The first-order chi connectivity index (χ1) is 12.4. The standard InChI is InChI=1S/C20H28F3N3O/c1-7-14(4)18(19(27)25(5)6)26(12-13(2)3)16-9-8-15(11-24)17(10-16)20(21,22)23/h8-10,13-14,18H,7,12H2,1-6H3/t14-,18-/m0/s1. The minimum absolute atomic E-state index is 0.0522. The fraction of sp³-hybridized carbons (Fsp3) is 0.600. The molecule has 0 aliphatic rings. The van der Waals surface area contributed by atoms with E-state index in [1.165, 1.54) is 17.0 Å². The average molecular weight is 383 g/mol. The molecule has 0 aliphatic carbocycles. The number of likely N-dealkylation sites (N-methyl/N-ethyl adjacent to an activating group) is 1. The fourth-order valence-corrected chi connectivity index (χ4v) is 2.99. The van der Waals surface area contributed by atoms with Crippen molar-refractivity contribution in [1.29, 1.82) is 5.26 Å². The summed E-state index contributed by atoms with van der Waals surface area (Å²) in [6.45, 7) is 8.21. The maximum Gasteiger partial charge on any atom is 0.417 e. The van der Waals surface area contributed by atoms with Crippen molar-refractivity contribution in [3.05, 3.63) is 29.3 Å². The summed E-state index contributed by atoms with van der Waals surface area (Å²) >= 11 is 0. The zero-order chi connectivity index (χ0) is 20.9. The van der Waals surface area contributed by atoms with Crippen molar-refractivity contribution in [2.24, 2.45) is 11.8 Å². The monoisotopic (exact) mass is 383 g/mol. The van der Waals surface area contributed by atoms with Crippen LogP contribution in [0.2, 0.25) is 0 Å². The van der Waals surface area contributed by atoms with E-state index in [4.69, 9.17) is 5.26 Å². The maximum absolute atomic E-state index is 13.4. The van der Waals surface area contributed by atoms with Crippen LogP contribution in [0.3, 0.4) is 0 Å². The Bertz CT molecular complexity index is 693. The molecule has 0 spiro atoms. The highest BCUT2D eigenvalue weighted by Crippen LogP contribution is 2.36. The molecule has 4 nitrogen and oxygen atoms in total. The molecule has 1 rings (SSSR count). The van der Waals surface area contributed by atoms with Crippen molar-refractivity contribution >= 4 is 11.6 Å². The summed E-state index contributed by atoms with van der Waals surface area (Å²) in [4.78, 5) is 16.1. The molecular weight excluding hydrogens is 355 g/mol. The van der Waals surface area contributed by atoms with Gasteiger partial charge in [0.25, 0.3) is 0 Å². The maximum atomic E-state index is 13.4. The van der Waals surface area contributed by atoms with Crippen molar-refractivity contribution in [2.75, 3.05) is 25.5 Å². The molecule has 1 amide bonds. The summed E-state index contributed by atoms with van der Waals surface area (Å²) in [6, 6.07) is 4.68. The Morgan fingerprint density at radius 1 is 1.22 bits per heavy atom. The van der Waals surface area contributed by atoms with E-state index in [1.54, 1.807) is 25.1 Å². The molecular formula is C20H28F3N3O. The second-order valence-corrected chi connectivity index (χ2v) is 7.45. The first kappa shape index (κ1) is 22.8. The molecule has 0 heterocycles. The fourth-order valence-electron chi connectivity index (χ4n) is 2.99. The molecule has 0 bridgehead atoms. The van der Waals surface area contributed by atoms with Crippen LogP contribution in [-0.4, -0.2) is 37.5 Å². The number of alkyl halides is 3. The molecule has 0 N–H and O–H groups in total. The number of amides is 1. The van der Waals surface area contributed by atoms with Crippen LogP contribution in [0.1, 0.15) is 45.2 Å². The first-order valence-corrected chi connectivity index (χ1v) is 9.03. The van der Waals surface area contributed by atoms with E-state index in [2.05, 4.69) is 0 Å². The minimum Gasteiger partial charge on any atom is -0.359 e. The van der Waals surface area contributed by atoms with Crippen LogP contribution in [0.5, 0.6) is 0 Å². The highest BCUT2D eigenvalue weighted by atomic mass is 19.4. The number of hydrogen-bond acceptors (Lipinski definition) is 3. The number of nitrogens with zero attached hydrogens (tertiary/aromatic N) is 3. The second kappa shape index (κ2) is 9.12. The van der Waals surface area contributed by atoms with E-state index in [9.17, 15) is 18.0 Å². The summed E-state index contributed by atoms with van der Waals surface area (Å²) in [5.41, 5.74) is -1.10. The number of benzene rings is 1. The topological polar surface area (TPSA) is 47.3 Å². The van der Waals surface area contributed by atoms with Crippen LogP contribution < -0.4 is 4.90 Å². The number of halogens is 3. The Hall–Kier alpha value is -2.23. The van der Waals surface area contributed by atoms with Gasteiger partial charge in [-0.2, -0.15) is 18.4 Å². The van der Waals surface area contributed by atoms with Gasteiger partial charge < -0.3 is 9.80 Å². The van der Waals surface area contributed by atoms with E-state index in [-0.39, 0.29) is 17.7 Å². The van der Waals surface area contributed by atoms with Gasteiger partial charge in [0, 0.05) is 26.3 Å². The van der Waals surface area contributed by atoms with Crippen LogP contribution in [-0.2, 0) is 11.0 Å².